The Morgan fingerprint density at radius 1 is 0.400 bits per heavy atom. The van der Waals surface area contributed by atoms with E-state index < -0.39 is 5.97 Å². The van der Waals surface area contributed by atoms with Crippen LogP contribution in [0.5, 0.6) is 46.0 Å². The quantitative estimate of drug-likeness (QED) is 0.0659. The standard InChI is InChI=1S/C44H42O11/c45-21-22-48-36-15-5-6-16-37(36)49-23-24-50-38-17-7-8-18-39(38)51-25-27-53-42-29-32-11-1-2-12-33(32)30-43(42)54-28-26-52-40-19-9-10-20-41(40)55-31-34-13-3-4-14-35(34)44(46)47/h1-20,29-30,45H,21-28,31H2,(H,46,47). The molecule has 0 radical (unpaired) electrons. The number of aliphatic hydroxyl groups is 1. The molecule has 0 heterocycles. The Balaban J connectivity index is 1.00. The number of aromatic carboxylic acids is 1. The van der Waals surface area contributed by atoms with E-state index in [0.717, 1.165) is 10.8 Å². The molecule has 284 valence electrons. The Hall–Kier alpha value is -6.59. The molecule has 0 bridgehead atoms. The normalized spacial score (nSPS) is 10.7. The molecule has 0 atom stereocenters. The highest BCUT2D eigenvalue weighted by atomic mass is 16.6. The third-order valence-electron chi connectivity index (χ3n) is 8.13. The van der Waals surface area contributed by atoms with Gasteiger partial charge in [-0.05, 0) is 65.4 Å². The molecule has 11 heteroatoms. The van der Waals surface area contributed by atoms with Crippen molar-refractivity contribution in [2.24, 2.45) is 0 Å². The third kappa shape index (κ3) is 11.0. The predicted octanol–water partition coefficient (Wildman–Crippen LogP) is 7.86. The first-order valence-electron chi connectivity index (χ1n) is 17.8. The molecule has 0 spiro atoms. The Kier molecular flexibility index (Phi) is 13.9. The van der Waals surface area contributed by atoms with E-state index in [0.29, 0.717) is 51.6 Å². The van der Waals surface area contributed by atoms with Crippen LogP contribution in [0.4, 0.5) is 0 Å². The molecule has 6 rings (SSSR count). The van der Waals surface area contributed by atoms with E-state index >= 15 is 0 Å². The minimum absolute atomic E-state index is 0.0767. The maximum Gasteiger partial charge on any atom is 0.336 e. The second-order valence-electron chi connectivity index (χ2n) is 11.9. The van der Waals surface area contributed by atoms with E-state index in [4.69, 9.17) is 43.0 Å². The summed E-state index contributed by atoms with van der Waals surface area (Å²) in [4.78, 5) is 11.6. The molecule has 0 amide bonds. The first kappa shape index (κ1) is 38.1. The zero-order chi connectivity index (χ0) is 38.1. The maximum atomic E-state index is 11.6. The van der Waals surface area contributed by atoms with Crippen molar-refractivity contribution in [3.63, 3.8) is 0 Å². The fourth-order valence-corrected chi connectivity index (χ4v) is 5.57. The molecular weight excluding hydrogens is 704 g/mol. The summed E-state index contributed by atoms with van der Waals surface area (Å²) in [5.41, 5.74) is 0.752. The monoisotopic (exact) mass is 746 g/mol. The van der Waals surface area contributed by atoms with E-state index in [1.807, 2.05) is 84.9 Å². The van der Waals surface area contributed by atoms with Crippen LogP contribution in [-0.4, -0.2) is 69.0 Å². The smallest absolute Gasteiger partial charge is 0.336 e. The van der Waals surface area contributed by atoms with Crippen molar-refractivity contribution in [1.82, 2.24) is 0 Å². The minimum atomic E-state index is -1.01. The molecule has 0 unspecified atom stereocenters. The van der Waals surface area contributed by atoms with Crippen LogP contribution in [0, 0.1) is 0 Å². The largest absolute Gasteiger partial charge is 0.487 e. The molecule has 0 aliphatic heterocycles. The Bertz CT molecular complexity index is 2130. The zero-order valence-electron chi connectivity index (χ0n) is 30.1. The molecule has 0 aromatic heterocycles. The second-order valence-corrected chi connectivity index (χ2v) is 11.9. The van der Waals surface area contributed by atoms with Crippen LogP contribution >= 0.6 is 0 Å². The molecule has 0 saturated carbocycles. The van der Waals surface area contributed by atoms with Gasteiger partial charge in [-0.3, -0.25) is 0 Å². The molecule has 0 fully saturated rings. The summed E-state index contributed by atoms with van der Waals surface area (Å²) in [7, 11) is 0. The second kappa shape index (κ2) is 20.0. The summed E-state index contributed by atoms with van der Waals surface area (Å²) in [5, 5.41) is 20.6. The lowest BCUT2D eigenvalue weighted by Crippen LogP contribution is -2.13. The highest BCUT2D eigenvalue weighted by Gasteiger charge is 2.13. The van der Waals surface area contributed by atoms with Gasteiger partial charge in [0.2, 0.25) is 0 Å². The zero-order valence-corrected chi connectivity index (χ0v) is 30.1. The number of hydrogen-bond donors (Lipinski definition) is 2. The predicted molar refractivity (Wildman–Crippen MR) is 207 cm³/mol. The van der Waals surface area contributed by atoms with Gasteiger partial charge in [0.25, 0.3) is 0 Å². The Labute approximate surface area is 319 Å². The van der Waals surface area contributed by atoms with Gasteiger partial charge in [-0.25, -0.2) is 4.79 Å². The maximum absolute atomic E-state index is 11.6. The number of fused-ring (bicyclic) bond motifs is 1. The number of hydrogen-bond acceptors (Lipinski definition) is 10. The highest BCUT2D eigenvalue weighted by Crippen LogP contribution is 2.34. The molecule has 0 saturated heterocycles. The number of benzene rings is 6. The number of rotatable bonds is 22. The Morgan fingerprint density at radius 3 is 1.13 bits per heavy atom. The van der Waals surface area contributed by atoms with Gasteiger partial charge < -0.3 is 48.1 Å². The molecule has 0 aliphatic rings. The molecule has 11 nitrogen and oxygen atoms in total. The minimum Gasteiger partial charge on any atom is -0.487 e. The van der Waals surface area contributed by atoms with Crippen LogP contribution in [-0.2, 0) is 6.61 Å². The summed E-state index contributed by atoms with van der Waals surface area (Å²) in [6.07, 6.45) is 0. The summed E-state index contributed by atoms with van der Waals surface area (Å²) in [6.45, 7) is 1.63. The van der Waals surface area contributed by atoms with E-state index in [2.05, 4.69) is 0 Å². The van der Waals surface area contributed by atoms with E-state index in [9.17, 15) is 9.90 Å². The lowest BCUT2D eigenvalue weighted by molar-refractivity contribution is 0.0694. The van der Waals surface area contributed by atoms with Gasteiger partial charge >= 0.3 is 5.97 Å². The molecule has 6 aromatic carbocycles. The summed E-state index contributed by atoms with van der Waals surface area (Å²) < 4.78 is 47.8. The van der Waals surface area contributed by atoms with Gasteiger partial charge in [-0.1, -0.05) is 78.9 Å². The van der Waals surface area contributed by atoms with Crippen molar-refractivity contribution in [2.45, 2.75) is 6.61 Å². The Morgan fingerprint density at radius 2 is 0.727 bits per heavy atom. The van der Waals surface area contributed by atoms with Crippen molar-refractivity contribution in [3.8, 4) is 46.0 Å². The van der Waals surface area contributed by atoms with Crippen LogP contribution in [0.1, 0.15) is 15.9 Å². The number of carboxylic acid groups (broad SMARTS) is 1. The molecule has 6 aromatic rings. The average molecular weight is 747 g/mol. The van der Waals surface area contributed by atoms with E-state index in [1.54, 1.807) is 48.5 Å². The number of carboxylic acids is 1. The van der Waals surface area contributed by atoms with Crippen molar-refractivity contribution in [2.75, 3.05) is 52.9 Å². The number of aliphatic hydroxyl groups excluding tert-OH is 1. The van der Waals surface area contributed by atoms with Gasteiger partial charge in [0.1, 0.15) is 52.9 Å². The average Bonchev–Trinajstić information content (AvgIpc) is 3.22. The molecular formula is C44H42O11. The van der Waals surface area contributed by atoms with Crippen LogP contribution in [0.15, 0.2) is 133 Å². The number of carbonyl (C=O) groups is 1. The summed E-state index contributed by atoms with van der Waals surface area (Å²) >= 11 is 0. The lowest BCUT2D eigenvalue weighted by Gasteiger charge is -2.17. The van der Waals surface area contributed by atoms with Crippen LogP contribution in [0.2, 0.25) is 0 Å². The van der Waals surface area contributed by atoms with Crippen molar-refractivity contribution >= 4 is 16.7 Å². The molecule has 0 aliphatic carbocycles. The molecule has 2 N–H and O–H groups in total. The first-order chi connectivity index (χ1) is 27.1. The SMILES string of the molecule is O=C(O)c1ccccc1COc1ccccc1OCCOc1cc2ccccc2cc1OCCOc1ccccc1OCCOc1ccccc1OCCO. The highest BCUT2D eigenvalue weighted by molar-refractivity contribution is 5.89. The van der Waals surface area contributed by atoms with Gasteiger partial charge in [0.05, 0.1) is 12.2 Å². The number of para-hydroxylation sites is 6. The fraction of sp³-hybridized carbons (Fsp3) is 0.205. The van der Waals surface area contributed by atoms with Gasteiger partial charge in [0.15, 0.2) is 46.0 Å². The van der Waals surface area contributed by atoms with Crippen molar-refractivity contribution in [3.05, 3.63) is 145 Å². The first-order valence-corrected chi connectivity index (χ1v) is 17.8. The van der Waals surface area contributed by atoms with Crippen LogP contribution in [0.25, 0.3) is 10.8 Å². The molecule has 55 heavy (non-hydrogen) atoms. The number of ether oxygens (including phenoxy) is 8. The van der Waals surface area contributed by atoms with Crippen molar-refractivity contribution < 1.29 is 52.9 Å². The van der Waals surface area contributed by atoms with Gasteiger partial charge in [0, 0.05) is 5.56 Å². The van der Waals surface area contributed by atoms with Crippen molar-refractivity contribution in [1.29, 1.82) is 0 Å². The van der Waals surface area contributed by atoms with E-state index in [1.165, 1.54) is 0 Å². The van der Waals surface area contributed by atoms with Crippen LogP contribution in [0.3, 0.4) is 0 Å². The third-order valence-corrected chi connectivity index (χ3v) is 8.13. The topological polar surface area (TPSA) is 131 Å². The lowest BCUT2D eigenvalue weighted by atomic mass is 10.1. The summed E-state index contributed by atoms with van der Waals surface area (Å²) in [6, 6.07) is 40.4. The fourth-order valence-electron chi connectivity index (χ4n) is 5.57. The van der Waals surface area contributed by atoms with Gasteiger partial charge in [-0.15, -0.1) is 0 Å². The van der Waals surface area contributed by atoms with Crippen LogP contribution < -0.4 is 37.9 Å². The summed E-state index contributed by atoms with van der Waals surface area (Å²) in [5.74, 6) is 3.38. The van der Waals surface area contributed by atoms with E-state index in [-0.39, 0.29) is 65.0 Å². The van der Waals surface area contributed by atoms with Gasteiger partial charge in [-0.2, -0.15) is 0 Å².